The Balaban J connectivity index is 0.937. The molecule has 1 aromatic heterocycles. The predicted octanol–water partition coefficient (Wildman–Crippen LogP) is 11.0. The van der Waals surface area contributed by atoms with Crippen molar-refractivity contribution in [1.29, 1.82) is 0 Å². The van der Waals surface area contributed by atoms with E-state index in [9.17, 15) is 4.79 Å². The maximum absolute atomic E-state index is 13.5. The fraction of sp³-hybridized carbons (Fsp3) is 0.500. The van der Waals surface area contributed by atoms with Crippen molar-refractivity contribution in [1.82, 2.24) is 4.57 Å². The third-order valence-electron chi connectivity index (χ3n) is 9.62. The van der Waals surface area contributed by atoms with Crippen LogP contribution in [0.3, 0.4) is 0 Å². The van der Waals surface area contributed by atoms with Gasteiger partial charge < -0.3 is 4.74 Å². The molecule has 0 N–H and O–H groups in total. The molecule has 0 radical (unpaired) electrons. The number of pyridine rings is 1. The van der Waals surface area contributed by atoms with Crippen molar-refractivity contribution in [2.45, 2.75) is 135 Å². The summed E-state index contributed by atoms with van der Waals surface area (Å²) in [5.74, 6) is 13.4. The van der Waals surface area contributed by atoms with Crippen LogP contribution in [-0.4, -0.2) is 11.2 Å². The van der Waals surface area contributed by atoms with Gasteiger partial charge in [-0.3, -0.25) is 9.36 Å². The van der Waals surface area contributed by atoms with Crippen LogP contribution in [0.15, 0.2) is 64.4 Å². The van der Waals surface area contributed by atoms with Crippen LogP contribution in [0.5, 0.6) is 5.75 Å². The van der Waals surface area contributed by atoms with Gasteiger partial charge in [0.2, 0.25) is 0 Å². The molecule has 0 aliphatic carbocycles. The van der Waals surface area contributed by atoms with Crippen molar-refractivity contribution < 1.29 is 4.74 Å². The molecule has 1 aliphatic rings. The molecule has 5 rings (SSSR count). The molecular weight excluding hydrogens is 588 g/mol. The van der Waals surface area contributed by atoms with Crippen molar-refractivity contribution in [3.63, 3.8) is 0 Å². The number of rotatable bonds is 20. The number of unbranched alkanes of at least 4 members (excludes halogenated alkanes) is 17. The van der Waals surface area contributed by atoms with Gasteiger partial charge in [0.25, 0.3) is 5.56 Å². The number of nitrogens with zero attached hydrogens (tertiary/aromatic N) is 2. The highest BCUT2D eigenvalue weighted by Gasteiger charge is 2.19. The summed E-state index contributed by atoms with van der Waals surface area (Å²) in [5, 5.41) is 3.67. The largest absolute Gasteiger partial charge is 0.493 e. The highest BCUT2D eigenvalue weighted by atomic mass is 16.5. The highest BCUT2D eigenvalue weighted by molar-refractivity contribution is 6.11. The number of para-hydroxylation sites is 1. The second kappa shape index (κ2) is 19.7. The Morgan fingerprint density at radius 3 is 1.94 bits per heavy atom. The summed E-state index contributed by atoms with van der Waals surface area (Å²) >= 11 is 0. The monoisotopic (exact) mass is 642 g/mol. The maximum atomic E-state index is 13.5. The molecule has 0 unspecified atom stereocenters. The Morgan fingerprint density at radius 2 is 1.25 bits per heavy atom. The Bertz CT molecular complexity index is 1850. The van der Waals surface area contributed by atoms with Crippen LogP contribution in [0.4, 0.5) is 5.69 Å². The molecule has 48 heavy (non-hydrogen) atoms. The van der Waals surface area contributed by atoms with Gasteiger partial charge in [-0.15, -0.1) is 0 Å². The third kappa shape index (κ3) is 10.00. The molecule has 0 saturated heterocycles. The topological polar surface area (TPSA) is 43.6 Å². The molecule has 1 aliphatic heterocycles. The number of aromatic nitrogens is 1. The molecule has 4 aromatic rings. The first-order valence-electron chi connectivity index (χ1n) is 18.9. The Labute approximate surface area is 288 Å². The molecule has 3 aromatic carbocycles. The van der Waals surface area contributed by atoms with Crippen LogP contribution in [0.1, 0.15) is 134 Å². The molecule has 0 saturated carbocycles. The first kappa shape index (κ1) is 35.3. The maximum Gasteiger partial charge on any atom is 0.260 e. The number of fused-ring (bicyclic) bond motifs is 3. The zero-order valence-electron chi connectivity index (χ0n) is 29.3. The predicted molar refractivity (Wildman–Crippen MR) is 202 cm³/mol. The van der Waals surface area contributed by atoms with Crippen molar-refractivity contribution >= 4 is 27.2 Å². The molecule has 2 heterocycles. The summed E-state index contributed by atoms with van der Waals surface area (Å²) in [6, 6.07) is 18.1. The van der Waals surface area contributed by atoms with Gasteiger partial charge in [-0.25, -0.2) is 4.99 Å². The number of benzene rings is 3. The number of hydrogen-bond acceptors (Lipinski definition) is 3. The van der Waals surface area contributed by atoms with Crippen molar-refractivity contribution in [3.8, 4) is 29.4 Å². The molecule has 4 nitrogen and oxygen atoms in total. The van der Waals surface area contributed by atoms with E-state index in [2.05, 4.69) is 42.7 Å². The minimum Gasteiger partial charge on any atom is -0.493 e. The molecule has 252 valence electrons. The average Bonchev–Trinajstić information content (AvgIpc) is 3.12. The van der Waals surface area contributed by atoms with Crippen LogP contribution >= 0.6 is 0 Å². The average molecular weight is 643 g/mol. The summed E-state index contributed by atoms with van der Waals surface area (Å²) in [4.78, 5) is 18.4. The van der Waals surface area contributed by atoms with Gasteiger partial charge in [-0.05, 0) is 54.9 Å². The van der Waals surface area contributed by atoms with Crippen LogP contribution < -0.4 is 15.8 Å². The fourth-order valence-corrected chi connectivity index (χ4v) is 6.86. The Kier molecular flexibility index (Phi) is 14.5. The smallest absolute Gasteiger partial charge is 0.260 e. The van der Waals surface area contributed by atoms with Gasteiger partial charge in [0.05, 0.1) is 18.8 Å². The molecule has 0 spiro atoms. The SMILES string of the molecule is CCCCCCCCCCCCC#CC#CCCCCCCCCCOc1ccc2c(=O)n3c(c4cccc1c24)=Nc1ccccc1C3. The lowest BCUT2D eigenvalue weighted by Gasteiger charge is -2.18. The van der Waals surface area contributed by atoms with Gasteiger partial charge in [0.15, 0.2) is 0 Å². The summed E-state index contributed by atoms with van der Waals surface area (Å²) in [5.41, 5.74) is 2.76. The van der Waals surface area contributed by atoms with Gasteiger partial charge in [-0.1, -0.05) is 145 Å². The lowest BCUT2D eigenvalue weighted by molar-refractivity contribution is 0.308. The summed E-state index contributed by atoms with van der Waals surface area (Å²) in [6.07, 6.45) is 24.0. The molecule has 0 bridgehead atoms. The van der Waals surface area contributed by atoms with Crippen molar-refractivity contribution in [2.75, 3.05) is 6.61 Å². The van der Waals surface area contributed by atoms with Crippen molar-refractivity contribution in [3.05, 3.63) is 76.0 Å². The molecule has 0 atom stereocenters. The first-order chi connectivity index (χ1) is 23.8. The normalized spacial score (nSPS) is 11.7. The zero-order chi connectivity index (χ0) is 33.2. The van der Waals surface area contributed by atoms with E-state index in [4.69, 9.17) is 9.73 Å². The van der Waals surface area contributed by atoms with Gasteiger partial charge in [0.1, 0.15) is 11.2 Å². The summed E-state index contributed by atoms with van der Waals surface area (Å²) in [6.45, 7) is 3.51. The first-order valence-corrected chi connectivity index (χ1v) is 18.9. The minimum absolute atomic E-state index is 0.00837. The summed E-state index contributed by atoms with van der Waals surface area (Å²) < 4.78 is 8.09. The van der Waals surface area contributed by atoms with E-state index in [1.54, 1.807) is 0 Å². The second-order valence-electron chi connectivity index (χ2n) is 13.4. The fourth-order valence-electron chi connectivity index (χ4n) is 6.86. The van der Waals surface area contributed by atoms with Crippen LogP contribution in [0.25, 0.3) is 21.5 Å². The molecular formula is C44H54N2O2. The highest BCUT2D eigenvalue weighted by Crippen LogP contribution is 2.32. The van der Waals surface area contributed by atoms with E-state index in [-0.39, 0.29) is 5.56 Å². The number of hydrogen-bond donors (Lipinski definition) is 0. The van der Waals surface area contributed by atoms with Crippen molar-refractivity contribution in [2.24, 2.45) is 4.99 Å². The summed E-state index contributed by atoms with van der Waals surface area (Å²) in [7, 11) is 0. The van der Waals surface area contributed by atoms with Crippen LogP contribution in [0.2, 0.25) is 0 Å². The minimum atomic E-state index is 0.00837. The Hall–Kier alpha value is -4.02. The standard InChI is InChI=1S/C44H54N2O2/c1-2-3-4-5-6-7-8-9-10-11-12-13-14-15-16-17-18-19-20-21-22-23-26-34-48-41-33-32-39-42-37(41)29-27-30-38(42)43-45-40-31-25-24-28-36(40)35-46(43)44(39)47/h24-25,27-33H,2-12,17-23,26,34-35H2,1H3. The van der Waals surface area contributed by atoms with Gasteiger partial charge in [-0.2, -0.15) is 0 Å². The van der Waals surface area contributed by atoms with E-state index in [0.29, 0.717) is 13.2 Å². The van der Waals surface area contributed by atoms with E-state index in [1.165, 1.54) is 103 Å². The quantitative estimate of drug-likeness (QED) is 0.0626. The van der Waals surface area contributed by atoms with E-state index >= 15 is 0 Å². The zero-order valence-corrected chi connectivity index (χ0v) is 29.3. The molecule has 4 heteroatoms. The Morgan fingerprint density at radius 1 is 0.646 bits per heavy atom. The van der Waals surface area contributed by atoms with Gasteiger partial charge in [0, 0.05) is 34.4 Å². The number of ether oxygens (including phenoxy) is 1. The molecule has 0 amide bonds. The lowest BCUT2D eigenvalue weighted by Crippen LogP contribution is -2.36. The van der Waals surface area contributed by atoms with E-state index < -0.39 is 0 Å². The van der Waals surface area contributed by atoms with E-state index in [0.717, 1.165) is 63.3 Å². The van der Waals surface area contributed by atoms with Crippen LogP contribution in [-0.2, 0) is 6.54 Å². The van der Waals surface area contributed by atoms with Gasteiger partial charge >= 0.3 is 0 Å². The van der Waals surface area contributed by atoms with E-state index in [1.807, 2.05) is 47.0 Å². The second-order valence-corrected chi connectivity index (χ2v) is 13.4. The third-order valence-corrected chi connectivity index (χ3v) is 9.62. The lowest BCUT2D eigenvalue weighted by atomic mass is 10.0. The van der Waals surface area contributed by atoms with Crippen LogP contribution in [0, 0.1) is 23.7 Å². The molecule has 0 fully saturated rings.